The van der Waals surface area contributed by atoms with Gasteiger partial charge in [0.15, 0.2) is 0 Å². The van der Waals surface area contributed by atoms with E-state index >= 15 is 0 Å². The van der Waals surface area contributed by atoms with E-state index in [1.165, 1.54) is 0 Å². The summed E-state index contributed by atoms with van der Waals surface area (Å²) >= 11 is 1.62. The van der Waals surface area contributed by atoms with Crippen molar-refractivity contribution < 1.29 is 14.6 Å². The summed E-state index contributed by atoms with van der Waals surface area (Å²) in [5.41, 5.74) is 4.76. The number of aromatic nitrogens is 2. The van der Waals surface area contributed by atoms with E-state index in [0.29, 0.717) is 0 Å². The number of aliphatic hydroxyl groups is 1. The van der Waals surface area contributed by atoms with Gasteiger partial charge in [0, 0.05) is 41.7 Å². The van der Waals surface area contributed by atoms with Crippen LogP contribution in [0.15, 0.2) is 60.1 Å². The van der Waals surface area contributed by atoms with Gasteiger partial charge in [-0.15, -0.1) is 11.3 Å². The minimum Gasteiger partial charge on any atom is -0.444 e. The standard InChI is InChI=1S/C27H30N4O3S/c1-2-30-15-24(29-27(33)34-17-19-7-4-3-5-8-19)23-13-20(10-11-25(23)30)26-28-21(18-35-26)14-31-12-6-9-22(31)16-32/h3-5,7-8,10-11,13,15,18,22,32H,2,6,9,12,14,16-17H2,1H3,(H,29,33)/t22-/m0/s1. The molecular weight excluding hydrogens is 460 g/mol. The Morgan fingerprint density at radius 2 is 2.11 bits per heavy atom. The molecule has 7 nitrogen and oxygen atoms in total. The summed E-state index contributed by atoms with van der Waals surface area (Å²) in [6.07, 6.45) is 3.64. The number of nitrogens with one attached hydrogen (secondary N) is 1. The normalized spacial score (nSPS) is 16.1. The van der Waals surface area contributed by atoms with Crippen LogP contribution < -0.4 is 5.32 Å². The number of fused-ring (bicyclic) bond motifs is 1. The summed E-state index contributed by atoms with van der Waals surface area (Å²) < 4.78 is 7.54. The zero-order valence-electron chi connectivity index (χ0n) is 19.8. The zero-order chi connectivity index (χ0) is 24.2. The molecule has 5 rings (SSSR count). The zero-order valence-corrected chi connectivity index (χ0v) is 20.6. The van der Waals surface area contributed by atoms with Crippen molar-refractivity contribution in [3.63, 3.8) is 0 Å². The van der Waals surface area contributed by atoms with E-state index in [1.54, 1.807) is 11.3 Å². The van der Waals surface area contributed by atoms with Crippen molar-refractivity contribution in [3.05, 3.63) is 71.4 Å². The van der Waals surface area contributed by atoms with Crippen molar-refractivity contribution in [1.29, 1.82) is 0 Å². The lowest BCUT2D eigenvalue weighted by atomic mass is 10.1. The van der Waals surface area contributed by atoms with Crippen molar-refractivity contribution >= 4 is 34.0 Å². The predicted molar refractivity (Wildman–Crippen MR) is 139 cm³/mol. The summed E-state index contributed by atoms with van der Waals surface area (Å²) in [4.78, 5) is 19.7. The molecule has 2 N–H and O–H groups in total. The second kappa shape index (κ2) is 10.6. The van der Waals surface area contributed by atoms with Crippen molar-refractivity contribution in [2.75, 3.05) is 18.5 Å². The first-order chi connectivity index (χ1) is 17.1. The minimum atomic E-state index is -0.477. The molecule has 1 fully saturated rings. The second-order valence-corrected chi connectivity index (χ2v) is 9.70. The number of amides is 1. The van der Waals surface area contributed by atoms with Gasteiger partial charge < -0.3 is 14.4 Å². The number of benzene rings is 2. The maximum atomic E-state index is 12.5. The maximum absolute atomic E-state index is 12.5. The molecule has 1 aliphatic rings. The number of likely N-dealkylation sites (tertiary alicyclic amines) is 1. The molecule has 0 aliphatic carbocycles. The van der Waals surface area contributed by atoms with E-state index in [2.05, 4.69) is 45.3 Å². The first kappa shape index (κ1) is 23.5. The van der Waals surface area contributed by atoms with Gasteiger partial charge in [-0.05, 0) is 50.1 Å². The highest BCUT2D eigenvalue weighted by molar-refractivity contribution is 7.13. The summed E-state index contributed by atoms with van der Waals surface area (Å²) in [6.45, 7) is 5.06. The Bertz CT molecular complexity index is 1300. The van der Waals surface area contributed by atoms with Gasteiger partial charge in [0.05, 0.1) is 23.5 Å². The number of nitrogens with zero attached hydrogens (tertiary/aromatic N) is 3. The second-order valence-electron chi connectivity index (χ2n) is 8.84. The number of anilines is 1. The molecule has 0 spiro atoms. The van der Waals surface area contributed by atoms with E-state index < -0.39 is 6.09 Å². The summed E-state index contributed by atoms with van der Waals surface area (Å²) in [7, 11) is 0. The molecule has 2 aromatic heterocycles. The molecule has 0 bridgehead atoms. The van der Waals surface area contributed by atoms with Gasteiger partial charge in [0.2, 0.25) is 0 Å². The monoisotopic (exact) mass is 490 g/mol. The molecule has 4 aromatic rings. The van der Waals surface area contributed by atoms with E-state index in [1.807, 2.05) is 36.5 Å². The molecule has 1 saturated heterocycles. The number of rotatable bonds is 8. The maximum Gasteiger partial charge on any atom is 0.412 e. The Morgan fingerprint density at radius 3 is 2.91 bits per heavy atom. The molecule has 0 unspecified atom stereocenters. The smallest absolute Gasteiger partial charge is 0.412 e. The molecule has 3 heterocycles. The lowest BCUT2D eigenvalue weighted by Crippen LogP contribution is -2.31. The Kier molecular flexibility index (Phi) is 7.13. The number of carbonyl (C=O) groups is 1. The molecule has 35 heavy (non-hydrogen) atoms. The van der Waals surface area contributed by atoms with E-state index in [4.69, 9.17) is 9.72 Å². The molecule has 182 valence electrons. The van der Waals surface area contributed by atoms with Crippen LogP contribution in [0.3, 0.4) is 0 Å². The van der Waals surface area contributed by atoms with Crippen molar-refractivity contribution in [3.8, 4) is 10.6 Å². The van der Waals surface area contributed by atoms with Crippen LogP contribution in [0.2, 0.25) is 0 Å². The third-order valence-corrected chi connectivity index (χ3v) is 7.49. The van der Waals surface area contributed by atoms with Gasteiger partial charge in [-0.25, -0.2) is 9.78 Å². The summed E-state index contributed by atoms with van der Waals surface area (Å²) in [5, 5.41) is 16.5. The number of aryl methyl sites for hydroxylation is 1. The molecule has 0 radical (unpaired) electrons. The van der Waals surface area contributed by atoms with Crippen LogP contribution in [0.25, 0.3) is 21.5 Å². The number of carbonyl (C=O) groups excluding carboxylic acids is 1. The minimum absolute atomic E-state index is 0.200. The van der Waals surface area contributed by atoms with Crippen LogP contribution in [0, 0.1) is 0 Å². The fraction of sp³-hybridized carbons (Fsp3) is 0.333. The van der Waals surface area contributed by atoms with Crippen LogP contribution in [-0.2, 0) is 24.4 Å². The SMILES string of the molecule is CCn1cc(NC(=O)OCc2ccccc2)c2cc(-c3nc(CN4CCC[C@H]4CO)cs3)ccc21. The molecule has 1 atom stereocenters. The quantitative estimate of drug-likeness (QED) is 0.341. The molecule has 8 heteroatoms. The third-order valence-electron chi connectivity index (χ3n) is 6.54. The Hall–Kier alpha value is -3.20. The van der Waals surface area contributed by atoms with Crippen LogP contribution in [-0.4, -0.2) is 44.8 Å². The summed E-state index contributed by atoms with van der Waals surface area (Å²) in [6, 6.07) is 16.1. The molecule has 1 amide bonds. The van der Waals surface area contributed by atoms with E-state index in [-0.39, 0.29) is 19.3 Å². The molecular formula is C27H30N4O3S. The molecule has 2 aromatic carbocycles. The first-order valence-electron chi connectivity index (χ1n) is 12.0. The van der Waals surface area contributed by atoms with Crippen molar-refractivity contribution in [1.82, 2.24) is 14.5 Å². The van der Waals surface area contributed by atoms with Gasteiger partial charge in [-0.2, -0.15) is 0 Å². The lowest BCUT2D eigenvalue weighted by Gasteiger charge is -2.21. The van der Waals surface area contributed by atoms with Crippen LogP contribution in [0.4, 0.5) is 10.5 Å². The fourth-order valence-electron chi connectivity index (χ4n) is 4.69. The number of hydrogen-bond donors (Lipinski definition) is 2. The number of thiazole rings is 1. The third kappa shape index (κ3) is 5.24. The topological polar surface area (TPSA) is 79.6 Å². The van der Waals surface area contributed by atoms with Gasteiger partial charge in [0.25, 0.3) is 0 Å². The van der Waals surface area contributed by atoms with Gasteiger partial charge in [-0.3, -0.25) is 10.2 Å². The van der Waals surface area contributed by atoms with E-state index in [0.717, 1.165) is 70.9 Å². The van der Waals surface area contributed by atoms with Crippen LogP contribution >= 0.6 is 11.3 Å². The number of hydrogen-bond acceptors (Lipinski definition) is 6. The Labute approximate surface area is 209 Å². The van der Waals surface area contributed by atoms with Crippen LogP contribution in [0.1, 0.15) is 31.0 Å². The fourth-order valence-corrected chi connectivity index (χ4v) is 5.50. The van der Waals surface area contributed by atoms with Crippen molar-refractivity contribution in [2.45, 2.75) is 45.5 Å². The average molecular weight is 491 g/mol. The first-order valence-corrected chi connectivity index (χ1v) is 12.9. The van der Waals surface area contributed by atoms with Gasteiger partial charge in [0.1, 0.15) is 11.6 Å². The highest BCUT2D eigenvalue weighted by Gasteiger charge is 2.24. The highest BCUT2D eigenvalue weighted by Crippen LogP contribution is 2.33. The largest absolute Gasteiger partial charge is 0.444 e. The summed E-state index contributed by atoms with van der Waals surface area (Å²) in [5.74, 6) is 0. The van der Waals surface area contributed by atoms with Gasteiger partial charge >= 0.3 is 6.09 Å². The van der Waals surface area contributed by atoms with Gasteiger partial charge in [-0.1, -0.05) is 30.3 Å². The number of ether oxygens (including phenoxy) is 1. The Morgan fingerprint density at radius 1 is 1.26 bits per heavy atom. The molecule has 0 saturated carbocycles. The predicted octanol–water partition coefficient (Wildman–Crippen LogP) is 5.49. The highest BCUT2D eigenvalue weighted by atomic mass is 32.1. The molecule has 1 aliphatic heterocycles. The Balaban J connectivity index is 1.34. The van der Waals surface area contributed by atoms with Crippen molar-refractivity contribution in [2.24, 2.45) is 0 Å². The number of aliphatic hydroxyl groups excluding tert-OH is 1. The van der Waals surface area contributed by atoms with Crippen LogP contribution in [0.5, 0.6) is 0 Å². The van der Waals surface area contributed by atoms with E-state index in [9.17, 15) is 9.90 Å². The lowest BCUT2D eigenvalue weighted by molar-refractivity contribution is 0.152. The average Bonchev–Trinajstić information content (AvgIpc) is 3.62.